The molecule has 1 aliphatic heterocycles. The van der Waals surface area contributed by atoms with E-state index in [-0.39, 0.29) is 17.4 Å². The number of hydrogen-bond donors (Lipinski definition) is 5. The van der Waals surface area contributed by atoms with Gasteiger partial charge in [-0.2, -0.15) is 5.26 Å². The molecule has 5 atom stereocenters. The minimum absolute atomic E-state index is 0.0872. The fourth-order valence-corrected chi connectivity index (χ4v) is 3.18. The van der Waals surface area contributed by atoms with Crippen LogP contribution in [-0.4, -0.2) is 66.8 Å². The van der Waals surface area contributed by atoms with Gasteiger partial charge in [-0.3, -0.25) is 9.20 Å². The molecule has 0 spiro atoms. The lowest BCUT2D eigenvalue weighted by Gasteiger charge is -2.24. The van der Waals surface area contributed by atoms with Crippen LogP contribution in [0.4, 0.5) is 5.82 Å². The molecule has 11 heteroatoms. The second-order valence-electron chi connectivity index (χ2n) is 7.03. The van der Waals surface area contributed by atoms with Crippen molar-refractivity contribution in [2.45, 2.75) is 43.8 Å². The quantitative estimate of drug-likeness (QED) is 0.405. The summed E-state index contributed by atoms with van der Waals surface area (Å²) < 4.78 is 6.95. The Bertz CT molecular complexity index is 924. The molecular weight excluding hydrogens is 368 g/mol. The van der Waals surface area contributed by atoms with Crippen molar-refractivity contribution >= 4 is 17.2 Å². The first-order valence-electron chi connectivity index (χ1n) is 8.72. The minimum atomic E-state index is -1.93. The van der Waals surface area contributed by atoms with Crippen molar-refractivity contribution in [1.29, 1.82) is 5.26 Å². The predicted octanol–water partition coefficient (Wildman–Crippen LogP) is -1.52. The zero-order valence-electron chi connectivity index (χ0n) is 15.4. The largest absolute Gasteiger partial charge is 0.394 e. The summed E-state index contributed by atoms with van der Waals surface area (Å²) in [7, 11) is 0. The van der Waals surface area contributed by atoms with Crippen LogP contribution in [0, 0.1) is 17.2 Å². The lowest BCUT2D eigenvalue weighted by atomic mass is 9.92. The highest BCUT2D eigenvalue weighted by Crippen LogP contribution is 2.40. The van der Waals surface area contributed by atoms with E-state index in [2.05, 4.69) is 15.5 Å². The number of carbonyl (C=O) groups is 1. The van der Waals surface area contributed by atoms with Crippen LogP contribution in [0.3, 0.4) is 0 Å². The van der Waals surface area contributed by atoms with E-state index < -0.39 is 42.5 Å². The number of nitrogens with one attached hydrogen (secondary N) is 1. The summed E-state index contributed by atoms with van der Waals surface area (Å²) in [6, 6.07) is 4.20. The lowest BCUT2D eigenvalue weighted by molar-refractivity contribution is -0.118. The summed E-state index contributed by atoms with van der Waals surface area (Å²) in [5.74, 6) is -0.409. The van der Waals surface area contributed by atoms with Gasteiger partial charge in [0.25, 0.3) is 0 Å². The SMILES string of the molecule is CC(C)[C@H](N)C(=O)Nc1nncn2c([C@]3(C#N)O[C@H](CO)[C@@H](O)[C@H]3O)ccc12. The molecule has 0 bridgehead atoms. The highest BCUT2D eigenvalue weighted by atomic mass is 16.6. The third kappa shape index (κ3) is 3.01. The molecule has 2 aromatic heterocycles. The Morgan fingerprint density at radius 3 is 2.79 bits per heavy atom. The molecule has 0 saturated carbocycles. The smallest absolute Gasteiger partial charge is 0.242 e. The van der Waals surface area contributed by atoms with Crippen LogP contribution in [0.25, 0.3) is 5.52 Å². The molecule has 0 radical (unpaired) electrons. The van der Waals surface area contributed by atoms with E-state index >= 15 is 0 Å². The summed E-state index contributed by atoms with van der Waals surface area (Å²) >= 11 is 0. The van der Waals surface area contributed by atoms with Gasteiger partial charge in [-0.15, -0.1) is 10.2 Å². The molecule has 0 aliphatic carbocycles. The highest BCUT2D eigenvalue weighted by Gasteiger charge is 2.57. The lowest BCUT2D eigenvalue weighted by Crippen LogP contribution is -2.41. The Hall–Kier alpha value is -2.62. The van der Waals surface area contributed by atoms with Gasteiger partial charge in [0, 0.05) is 0 Å². The van der Waals surface area contributed by atoms with Crippen molar-refractivity contribution in [2.75, 3.05) is 11.9 Å². The third-order valence-corrected chi connectivity index (χ3v) is 4.93. The van der Waals surface area contributed by atoms with Crippen LogP contribution < -0.4 is 11.1 Å². The summed E-state index contributed by atoms with van der Waals surface area (Å²) in [6.07, 6.45) is -2.89. The number of amides is 1. The Balaban J connectivity index is 2.04. The molecule has 6 N–H and O–H groups in total. The third-order valence-electron chi connectivity index (χ3n) is 4.93. The number of hydrogen-bond acceptors (Lipinski definition) is 9. The first-order valence-corrected chi connectivity index (χ1v) is 8.72. The van der Waals surface area contributed by atoms with Crippen LogP contribution in [0.5, 0.6) is 0 Å². The van der Waals surface area contributed by atoms with Crippen molar-refractivity contribution < 1.29 is 24.9 Å². The maximum absolute atomic E-state index is 12.3. The summed E-state index contributed by atoms with van der Waals surface area (Å²) in [5, 5.41) is 49.9. The molecule has 150 valence electrons. The van der Waals surface area contributed by atoms with Gasteiger partial charge in [-0.05, 0) is 18.1 Å². The first-order chi connectivity index (χ1) is 13.3. The average molecular weight is 390 g/mol. The molecule has 3 heterocycles. The van der Waals surface area contributed by atoms with Crippen molar-refractivity contribution in [3.05, 3.63) is 24.2 Å². The fourth-order valence-electron chi connectivity index (χ4n) is 3.18. The normalized spacial score (nSPS) is 28.4. The molecule has 2 aromatic rings. The summed E-state index contributed by atoms with van der Waals surface area (Å²) in [6.45, 7) is 3.05. The number of anilines is 1. The van der Waals surface area contributed by atoms with Gasteiger partial charge in [0.2, 0.25) is 11.5 Å². The van der Waals surface area contributed by atoms with Gasteiger partial charge < -0.3 is 31.1 Å². The number of nitriles is 1. The minimum Gasteiger partial charge on any atom is -0.394 e. The van der Waals surface area contributed by atoms with Gasteiger partial charge in [0.15, 0.2) is 5.82 Å². The molecule has 1 fully saturated rings. The number of aliphatic hydroxyl groups excluding tert-OH is 3. The Kier molecular flexibility index (Phi) is 5.33. The highest BCUT2D eigenvalue weighted by molar-refractivity contribution is 5.97. The standard InChI is InChI=1S/C17H22N6O5/c1-8(2)12(19)16(27)21-15-9-3-4-11(23(9)7-20-22-15)17(6-18)14(26)13(25)10(5-24)28-17/h3-4,7-8,10,12-14,24-26H,5,19H2,1-2H3,(H,21,22,27)/t10-,12+,13-,14-,17+/m1/s1. The topological polar surface area (TPSA) is 179 Å². The van der Waals surface area contributed by atoms with Gasteiger partial charge in [0.1, 0.15) is 30.7 Å². The van der Waals surface area contributed by atoms with Crippen molar-refractivity contribution in [2.24, 2.45) is 11.7 Å². The van der Waals surface area contributed by atoms with Crippen LogP contribution in [-0.2, 0) is 15.1 Å². The average Bonchev–Trinajstić information content (AvgIpc) is 3.22. The van der Waals surface area contributed by atoms with Gasteiger partial charge in [-0.25, -0.2) is 0 Å². The van der Waals surface area contributed by atoms with E-state index in [4.69, 9.17) is 10.5 Å². The predicted molar refractivity (Wildman–Crippen MR) is 95.7 cm³/mol. The van der Waals surface area contributed by atoms with Gasteiger partial charge in [0.05, 0.1) is 23.9 Å². The number of nitrogens with two attached hydrogens (primary N) is 1. The summed E-state index contributed by atoms with van der Waals surface area (Å²) in [5.41, 5.74) is 4.48. The zero-order chi connectivity index (χ0) is 20.6. The molecular formula is C17H22N6O5. The molecule has 0 aromatic carbocycles. The molecule has 1 aliphatic rings. The van der Waals surface area contributed by atoms with Gasteiger partial charge in [-0.1, -0.05) is 13.8 Å². The monoisotopic (exact) mass is 390 g/mol. The molecule has 1 saturated heterocycles. The van der Waals surface area contributed by atoms with E-state index in [9.17, 15) is 25.4 Å². The molecule has 0 unspecified atom stereocenters. The Morgan fingerprint density at radius 2 is 2.21 bits per heavy atom. The number of rotatable bonds is 5. The molecule has 1 amide bonds. The van der Waals surface area contributed by atoms with E-state index in [0.717, 1.165) is 0 Å². The fraction of sp³-hybridized carbons (Fsp3) is 0.529. The maximum Gasteiger partial charge on any atom is 0.242 e. The number of aliphatic hydroxyl groups is 3. The van der Waals surface area contributed by atoms with E-state index in [1.165, 1.54) is 16.8 Å². The Labute approximate surface area is 160 Å². The van der Waals surface area contributed by atoms with Gasteiger partial charge >= 0.3 is 0 Å². The van der Waals surface area contributed by atoms with Crippen LogP contribution in [0.1, 0.15) is 19.5 Å². The zero-order valence-corrected chi connectivity index (χ0v) is 15.4. The van der Waals surface area contributed by atoms with Crippen molar-refractivity contribution in [3.63, 3.8) is 0 Å². The van der Waals surface area contributed by atoms with E-state index in [1.54, 1.807) is 6.07 Å². The summed E-state index contributed by atoms with van der Waals surface area (Å²) in [4.78, 5) is 12.3. The number of nitrogens with zero attached hydrogens (tertiary/aromatic N) is 4. The first kappa shape index (κ1) is 20.1. The van der Waals surface area contributed by atoms with E-state index in [0.29, 0.717) is 5.52 Å². The molecule has 28 heavy (non-hydrogen) atoms. The number of fused-ring (bicyclic) bond motifs is 1. The van der Waals surface area contributed by atoms with Crippen molar-refractivity contribution in [3.8, 4) is 6.07 Å². The Morgan fingerprint density at radius 1 is 1.50 bits per heavy atom. The van der Waals surface area contributed by atoms with E-state index in [1.807, 2.05) is 19.9 Å². The van der Waals surface area contributed by atoms with Crippen LogP contribution in [0.15, 0.2) is 18.5 Å². The maximum atomic E-state index is 12.3. The van der Waals surface area contributed by atoms with Crippen LogP contribution in [0.2, 0.25) is 0 Å². The van der Waals surface area contributed by atoms with Crippen LogP contribution >= 0.6 is 0 Å². The van der Waals surface area contributed by atoms with Crippen molar-refractivity contribution in [1.82, 2.24) is 14.6 Å². The number of aromatic nitrogens is 3. The molecule has 11 nitrogen and oxygen atoms in total. The number of ether oxygens (including phenoxy) is 1. The second kappa shape index (κ2) is 7.42. The second-order valence-corrected chi connectivity index (χ2v) is 7.03. The molecule has 3 rings (SSSR count). The number of carbonyl (C=O) groups excluding carboxylic acids is 1.